The zero-order valence-electron chi connectivity index (χ0n) is 13.7. The fourth-order valence-corrected chi connectivity index (χ4v) is 2.49. The van der Waals surface area contributed by atoms with Gasteiger partial charge in [0.25, 0.3) is 0 Å². The van der Waals surface area contributed by atoms with Crippen molar-refractivity contribution < 1.29 is 14.3 Å². The molecule has 3 heteroatoms. The maximum Gasteiger partial charge on any atom is 0.229 e. The van der Waals surface area contributed by atoms with E-state index in [1.54, 1.807) is 24.3 Å². The van der Waals surface area contributed by atoms with E-state index in [0.717, 1.165) is 11.1 Å². The summed E-state index contributed by atoms with van der Waals surface area (Å²) in [5, 5.41) is 0. The van der Waals surface area contributed by atoms with E-state index in [1.807, 2.05) is 60.7 Å². The highest BCUT2D eigenvalue weighted by molar-refractivity contribution is 6.44. The molecule has 0 unspecified atom stereocenters. The first-order valence-corrected chi connectivity index (χ1v) is 8.10. The van der Waals surface area contributed by atoms with Crippen LogP contribution in [0.5, 0.6) is 5.75 Å². The molecule has 0 aromatic heterocycles. The summed E-state index contributed by atoms with van der Waals surface area (Å²) in [7, 11) is 0. The quantitative estimate of drug-likeness (QED) is 0.480. The van der Waals surface area contributed by atoms with E-state index in [2.05, 4.69) is 0 Å². The highest BCUT2D eigenvalue weighted by Crippen LogP contribution is 2.16. The zero-order chi connectivity index (χ0) is 17.5. The van der Waals surface area contributed by atoms with Gasteiger partial charge in [-0.25, -0.2) is 0 Å². The molecule has 0 N–H and O–H groups in total. The largest absolute Gasteiger partial charge is 0.489 e. The molecule has 3 aromatic rings. The summed E-state index contributed by atoms with van der Waals surface area (Å²) in [4.78, 5) is 24.6. The van der Waals surface area contributed by atoms with E-state index in [0.29, 0.717) is 17.9 Å². The van der Waals surface area contributed by atoms with Gasteiger partial charge in [0.05, 0.1) is 0 Å². The van der Waals surface area contributed by atoms with Crippen molar-refractivity contribution in [3.05, 3.63) is 102 Å². The van der Waals surface area contributed by atoms with Crippen LogP contribution in [0, 0.1) is 0 Å². The molecule has 3 nitrogen and oxygen atoms in total. The maximum atomic E-state index is 12.4. The number of ether oxygens (including phenoxy) is 1. The lowest BCUT2D eigenvalue weighted by Gasteiger charge is -2.08. The van der Waals surface area contributed by atoms with Crippen molar-refractivity contribution in [2.45, 2.75) is 13.0 Å². The van der Waals surface area contributed by atoms with Crippen LogP contribution < -0.4 is 4.74 Å². The van der Waals surface area contributed by atoms with Crippen molar-refractivity contribution in [3.8, 4) is 5.75 Å². The monoisotopic (exact) mass is 330 g/mol. The van der Waals surface area contributed by atoms with Crippen LogP contribution in [0.1, 0.15) is 21.5 Å². The van der Waals surface area contributed by atoms with Gasteiger partial charge in [0.1, 0.15) is 12.4 Å². The Balaban J connectivity index is 1.66. The van der Waals surface area contributed by atoms with Crippen molar-refractivity contribution in [1.82, 2.24) is 0 Å². The van der Waals surface area contributed by atoms with Gasteiger partial charge in [-0.15, -0.1) is 0 Å². The molecule has 0 aliphatic heterocycles. The first kappa shape index (κ1) is 16.7. The van der Waals surface area contributed by atoms with E-state index in [1.165, 1.54) is 0 Å². The number of hydrogen-bond donors (Lipinski definition) is 0. The lowest BCUT2D eigenvalue weighted by Crippen LogP contribution is -2.16. The van der Waals surface area contributed by atoms with E-state index in [-0.39, 0.29) is 6.42 Å². The Labute approximate surface area is 146 Å². The molecular formula is C22H18O3. The minimum Gasteiger partial charge on any atom is -0.489 e. The van der Waals surface area contributed by atoms with Crippen LogP contribution in [0.15, 0.2) is 84.9 Å². The molecule has 0 aliphatic carbocycles. The Bertz CT molecular complexity index is 855. The van der Waals surface area contributed by atoms with Gasteiger partial charge in [-0.05, 0) is 23.3 Å². The van der Waals surface area contributed by atoms with Crippen molar-refractivity contribution in [1.29, 1.82) is 0 Å². The van der Waals surface area contributed by atoms with Gasteiger partial charge in [0.15, 0.2) is 0 Å². The zero-order valence-corrected chi connectivity index (χ0v) is 13.7. The van der Waals surface area contributed by atoms with E-state index in [9.17, 15) is 9.59 Å². The van der Waals surface area contributed by atoms with E-state index >= 15 is 0 Å². The molecule has 0 spiro atoms. The molecule has 0 atom stereocenters. The third kappa shape index (κ3) is 4.64. The van der Waals surface area contributed by atoms with Crippen molar-refractivity contribution >= 4 is 11.6 Å². The number of benzene rings is 3. The number of carbonyl (C=O) groups is 2. The van der Waals surface area contributed by atoms with Crippen molar-refractivity contribution in [2.24, 2.45) is 0 Å². The molecule has 3 rings (SSSR count). The summed E-state index contributed by atoms with van der Waals surface area (Å²) in [5.74, 6) is -0.345. The molecule has 0 radical (unpaired) electrons. The topological polar surface area (TPSA) is 43.4 Å². The molecule has 0 heterocycles. The van der Waals surface area contributed by atoms with Gasteiger partial charge in [-0.2, -0.15) is 0 Å². The van der Waals surface area contributed by atoms with Crippen LogP contribution in [0.2, 0.25) is 0 Å². The molecular weight excluding hydrogens is 312 g/mol. The second-order valence-electron chi connectivity index (χ2n) is 5.72. The van der Waals surface area contributed by atoms with Crippen LogP contribution in [0.3, 0.4) is 0 Å². The Morgan fingerprint density at radius 1 is 0.720 bits per heavy atom. The summed E-state index contributed by atoms with van der Waals surface area (Å²) in [6.07, 6.45) is 0.106. The minimum atomic E-state index is -0.492. The summed E-state index contributed by atoms with van der Waals surface area (Å²) in [6, 6.07) is 25.8. The normalized spacial score (nSPS) is 10.2. The number of rotatable bonds is 7. The third-order valence-corrected chi connectivity index (χ3v) is 3.81. The molecule has 25 heavy (non-hydrogen) atoms. The first-order valence-electron chi connectivity index (χ1n) is 8.10. The number of ketones is 2. The van der Waals surface area contributed by atoms with Gasteiger partial charge in [0.2, 0.25) is 11.6 Å². The van der Waals surface area contributed by atoms with Gasteiger partial charge < -0.3 is 4.74 Å². The third-order valence-electron chi connectivity index (χ3n) is 3.81. The molecule has 0 fully saturated rings. The minimum absolute atomic E-state index is 0.106. The van der Waals surface area contributed by atoms with Gasteiger partial charge in [-0.1, -0.05) is 72.8 Å². The fraction of sp³-hybridized carbons (Fsp3) is 0.0909. The Morgan fingerprint density at radius 2 is 1.36 bits per heavy atom. The fourth-order valence-electron chi connectivity index (χ4n) is 2.49. The molecule has 3 aromatic carbocycles. The first-order chi connectivity index (χ1) is 12.2. The predicted molar refractivity (Wildman–Crippen MR) is 96.7 cm³/mol. The smallest absolute Gasteiger partial charge is 0.229 e. The molecule has 0 saturated carbocycles. The van der Waals surface area contributed by atoms with Gasteiger partial charge >= 0.3 is 0 Å². The number of Topliss-reactive ketones (excluding diaryl/α,β-unsaturated/α-hetero) is 2. The van der Waals surface area contributed by atoms with Crippen molar-refractivity contribution in [3.63, 3.8) is 0 Å². The molecule has 124 valence electrons. The SMILES string of the molecule is O=C(Cc1ccccc1)C(=O)c1cccc(OCc2ccccc2)c1. The summed E-state index contributed by atoms with van der Waals surface area (Å²) in [6.45, 7) is 0.413. The lowest BCUT2D eigenvalue weighted by atomic mass is 10.0. The molecule has 0 bridgehead atoms. The molecule has 0 saturated heterocycles. The lowest BCUT2D eigenvalue weighted by molar-refractivity contribution is -0.114. The number of carbonyl (C=O) groups excluding carboxylic acids is 2. The summed E-state index contributed by atoms with van der Waals surface area (Å²) in [5.41, 5.74) is 2.23. The van der Waals surface area contributed by atoms with Crippen LogP contribution in [0.4, 0.5) is 0 Å². The second kappa shape index (κ2) is 8.06. The van der Waals surface area contributed by atoms with Crippen LogP contribution >= 0.6 is 0 Å². The average Bonchev–Trinajstić information content (AvgIpc) is 2.67. The van der Waals surface area contributed by atoms with Crippen LogP contribution in [-0.2, 0) is 17.8 Å². The second-order valence-corrected chi connectivity index (χ2v) is 5.72. The van der Waals surface area contributed by atoms with Gasteiger partial charge in [-0.3, -0.25) is 9.59 Å². The standard InChI is InChI=1S/C22H18O3/c23-21(14-17-8-3-1-4-9-17)22(24)19-12-7-13-20(15-19)25-16-18-10-5-2-6-11-18/h1-13,15H,14,16H2. The number of hydrogen-bond acceptors (Lipinski definition) is 3. The Hall–Kier alpha value is -3.20. The highest BCUT2D eigenvalue weighted by Gasteiger charge is 2.17. The predicted octanol–water partition coefficient (Wildman–Crippen LogP) is 4.26. The highest BCUT2D eigenvalue weighted by atomic mass is 16.5. The van der Waals surface area contributed by atoms with Crippen molar-refractivity contribution in [2.75, 3.05) is 0 Å². The molecule has 0 aliphatic rings. The van der Waals surface area contributed by atoms with Gasteiger partial charge in [0, 0.05) is 12.0 Å². The Morgan fingerprint density at radius 3 is 2.04 bits per heavy atom. The maximum absolute atomic E-state index is 12.4. The summed E-state index contributed by atoms with van der Waals surface area (Å²) >= 11 is 0. The molecule has 0 amide bonds. The Kier molecular flexibility index (Phi) is 5.37. The van der Waals surface area contributed by atoms with E-state index < -0.39 is 11.6 Å². The summed E-state index contributed by atoms with van der Waals surface area (Å²) < 4.78 is 5.72. The van der Waals surface area contributed by atoms with E-state index in [4.69, 9.17) is 4.74 Å². The van der Waals surface area contributed by atoms with Crippen LogP contribution in [0.25, 0.3) is 0 Å². The average molecular weight is 330 g/mol. The van der Waals surface area contributed by atoms with Crippen LogP contribution in [-0.4, -0.2) is 11.6 Å².